The van der Waals surface area contributed by atoms with Crippen LogP contribution in [0, 0.1) is 5.92 Å². The summed E-state index contributed by atoms with van der Waals surface area (Å²) in [5.74, 6) is 1.38. The molecule has 0 bridgehead atoms. The molecule has 3 N–H and O–H groups in total. The van der Waals surface area contributed by atoms with E-state index in [1.54, 1.807) is 12.4 Å². The van der Waals surface area contributed by atoms with Crippen molar-refractivity contribution in [3.63, 3.8) is 0 Å². The Morgan fingerprint density at radius 1 is 1.35 bits per heavy atom. The molecule has 17 heavy (non-hydrogen) atoms. The van der Waals surface area contributed by atoms with Crippen LogP contribution in [0.2, 0.25) is 0 Å². The van der Waals surface area contributed by atoms with Gasteiger partial charge in [0.15, 0.2) is 5.82 Å². The first-order valence-corrected chi connectivity index (χ1v) is 6.46. The second-order valence-corrected chi connectivity index (χ2v) is 5.07. The first-order chi connectivity index (χ1) is 8.18. The van der Waals surface area contributed by atoms with Crippen LogP contribution in [0.15, 0.2) is 12.4 Å². The molecule has 1 aromatic heterocycles. The molecule has 92 valence electrons. The quantitative estimate of drug-likeness (QED) is 0.804. The molecule has 1 aliphatic carbocycles. The van der Waals surface area contributed by atoms with Crippen molar-refractivity contribution in [3.05, 3.63) is 18.1 Å². The molecule has 0 aliphatic heterocycles. The van der Waals surface area contributed by atoms with Crippen molar-refractivity contribution in [2.24, 2.45) is 11.7 Å². The highest BCUT2D eigenvalue weighted by atomic mass is 32.1. The number of rotatable bonds is 3. The van der Waals surface area contributed by atoms with Crippen molar-refractivity contribution in [1.29, 1.82) is 0 Å². The zero-order valence-electron chi connectivity index (χ0n) is 10.0. The minimum atomic E-state index is 0.295. The van der Waals surface area contributed by atoms with E-state index in [9.17, 15) is 0 Å². The number of hydrogen-bond acceptors (Lipinski definition) is 4. The molecule has 0 spiro atoms. The minimum absolute atomic E-state index is 0.295. The molecule has 0 radical (unpaired) electrons. The Balaban J connectivity index is 2.14. The van der Waals surface area contributed by atoms with Crippen molar-refractivity contribution in [1.82, 2.24) is 9.97 Å². The molecule has 0 amide bonds. The van der Waals surface area contributed by atoms with Crippen molar-refractivity contribution in [3.8, 4) is 0 Å². The zero-order valence-corrected chi connectivity index (χ0v) is 10.8. The maximum Gasteiger partial charge on any atom is 0.155 e. The Bertz CT molecular complexity index is 407. The van der Waals surface area contributed by atoms with Crippen LogP contribution in [-0.4, -0.2) is 21.0 Å². The summed E-state index contributed by atoms with van der Waals surface area (Å²) in [4.78, 5) is 8.76. The van der Waals surface area contributed by atoms with Crippen LogP contribution in [0.25, 0.3) is 0 Å². The van der Waals surface area contributed by atoms with Gasteiger partial charge in [-0.2, -0.15) is 0 Å². The minimum Gasteiger partial charge on any atom is -0.388 e. The first-order valence-electron chi connectivity index (χ1n) is 6.06. The van der Waals surface area contributed by atoms with Gasteiger partial charge in [-0.25, -0.2) is 9.97 Å². The summed E-state index contributed by atoms with van der Waals surface area (Å²) in [7, 11) is 0. The number of aromatic nitrogens is 2. The predicted octanol–water partition coefficient (Wildman–Crippen LogP) is 2.10. The van der Waals surface area contributed by atoms with Crippen LogP contribution >= 0.6 is 12.2 Å². The van der Waals surface area contributed by atoms with Gasteiger partial charge in [-0.15, -0.1) is 0 Å². The summed E-state index contributed by atoms with van der Waals surface area (Å²) < 4.78 is 0. The second kappa shape index (κ2) is 5.40. The Hall–Kier alpha value is -1.23. The zero-order chi connectivity index (χ0) is 12.3. The summed E-state index contributed by atoms with van der Waals surface area (Å²) in [6.45, 7) is 2.27. The number of nitrogens with two attached hydrogens (primary N) is 1. The van der Waals surface area contributed by atoms with Crippen LogP contribution in [-0.2, 0) is 0 Å². The van der Waals surface area contributed by atoms with E-state index < -0.39 is 0 Å². The Labute approximate surface area is 107 Å². The molecule has 1 fully saturated rings. The van der Waals surface area contributed by atoms with Crippen molar-refractivity contribution >= 4 is 23.0 Å². The Morgan fingerprint density at radius 2 is 2.06 bits per heavy atom. The van der Waals surface area contributed by atoms with Gasteiger partial charge in [0.1, 0.15) is 10.7 Å². The summed E-state index contributed by atoms with van der Waals surface area (Å²) in [6.07, 6.45) is 8.31. The van der Waals surface area contributed by atoms with Crippen LogP contribution in [0.5, 0.6) is 0 Å². The number of nitrogens with zero attached hydrogens (tertiary/aromatic N) is 2. The lowest BCUT2D eigenvalue weighted by atomic mass is 9.86. The lowest BCUT2D eigenvalue weighted by molar-refractivity contribution is 0.349. The highest BCUT2D eigenvalue weighted by Crippen LogP contribution is 2.26. The molecule has 1 aromatic rings. The summed E-state index contributed by atoms with van der Waals surface area (Å²) in [5, 5.41) is 3.44. The van der Waals surface area contributed by atoms with Crippen molar-refractivity contribution in [2.75, 3.05) is 5.32 Å². The smallest absolute Gasteiger partial charge is 0.155 e. The van der Waals surface area contributed by atoms with Gasteiger partial charge in [-0.3, -0.25) is 0 Å². The van der Waals surface area contributed by atoms with E-state index >= 15 is 0 Å². The number of hydrogen-bond donors (Lipinski definition) is 2. The third kappa shape index (κ3) is 2.91. The highest BCUT2D eigenvalue weighted by molar-refractivity contribution is 7.80. The third-order valence-corrected chi connectivity index (χ3v) is 3.56. The average molecular weight is 250 g/mol. The standard InChI is InChI=1S/C12H18N4S/c1-8-4-2-3-5-9(8)16-12-10(11(13)17)14-6-7-15-12/h6-9H,2-5H2,1H3,(H2,13,17)(H,15,16). The number of thiocarbonyl (C=S) groups is 1. The van der Waals surface area contributed by atoms with Crippen LogP contribution in [0.3, 0.4) is 0 Å². The largest absolute Gasteiger partial charge is 0.388 e. The number of nitrogens with one attached hydrogen (secondary N) is 1. The SMILES string of the molecule is CC1CCCCC1Nc1nccnc1C(N)=S. The maximum atomic E-state index is 5.64. The third-order valence-electron chi connectivity index (χ3n) is 3.37. The van der Waals surface area contributed by atoms with Gasteiger partial charge in [-0.05, 0) is 18.8 Å². The maximum absolute atomic E-state index is 5.64. The summed E-state index contributed by atoms with van der Waals surface area (Å²) in [6, 6.07) is 0.452. The first kappa shape index (κ1) is 12.2. The van der Waals surface area contributed by atoms with E-state index in [2.05, 4.69) is 22.2 Å². The lowest BCUT2D eigenvalue weighted by Gasteiger charge is -2.30. The van der Waals surface area contributed by atoms with Crippen molar-refractivity contribution in [2.45, 2.75) is 38.6 Å². The van der Waals surface area contributed by atoms with Gasteiger partial charge in [0, 0.05) is 18.4 Å². The predicted molar refractivity (Wildman–Crippen MR) is 73.0 cm³/mol. The molecule has 1 aliphatic rings. The van der Waals surface area contributed by atoms with Gasteiger partial charge in [0.05, 0.1) is 0 Å². The van der Waals surface area contributed by atoms with Gasteiger partial charge in [-0.1, -0.05) is 32.0 Å². The Morgan fingerprint density at radius 3 is 2.76 bits per heavy atom. The average Bonchev–Trinajstić information content (AvgIpc) is 2.32. The molecule has 4 nitrogen and oxygen atoms in total. The molecule has 1 heterocycles. The molecule has 2 unspecified atom stereocenters. The van der Waals surface area contributed by atoms with Crippen LogP contribution in [0.1, 0.15) is 38.3 Å². The monoisotopic (exact) mass is 250 g/mol. The van der Waals surface area contributed by atoms with E-state index in [0.29, 0.717) is 22.6 Å². The van der Waals surface area contributed by atoms with Crippen molar-refractivity contribution < 1.29 is 0 Å². The van der Waals surface area contributed by atoms with E-state index in [4.69, 9.17) is 18.0 Å². The van der Waals surface area contributed by atoms with Crippen LogP contribution in [0.4, 0.5) is 5.82 Å². The van der Waals surface area contributed by atoms with E-state index in [1.807, 2.05) is 0 Å². The normalized spacial score (nSPS) is 24.3. The molecule has 2 rings (SSSR count). The lowest BCUT2D eigenvalue weighted by Crippen LogP contribution is -2.32. The second-order valence-electron chi connectivity index (χ2n) is 4.63. The van der Waals surface area contributed by atoms with Gasteiger partial charge < -0.3 is 11.1 Å². The molecule has 0 aromatic carbocycles. The van der Waals surface area contributed by atoms with Gasteiger partial charge in [0.2, 0.25) is 0 Å². The van der Waals surface area contributed by atoms with E-state index in [0.717, 1.165) is 5.82 Å². The fourth-order valence-electron chi connectivity index (χ4n) is 2.33. The summed E-state index contributed by atoms with van der Waals surface area (Å²) >= 11 is 4.98. The Kier molecular flexibility index (Phi) is 3.89. The summed E-state index contributed by atoms with van der Waals surface area (Å²) in [5.41, 5.74) is 6.24. The fraction of sp³-hybridized carbons (Fsp3) is 0.583. The van der Waals surface area contributed by atoms with E-state index in [-0.39, 0.29) is 0 Å². The van der Waals surface area contributed by atoms with E-state index in [1.165, 1.54) is 25.7 Å². The molecule has 0 saturated heterocycles. The van der Waals surface area contributed by atoms with Gasteiger partial charge in [0.25, 0.3) is 0 Å². The number of anilines is 1. The molecule has 2 atom stereocenters. The fourth-order valence-corrected chi connectivity index (χ4v) is 2.48. The molecular formula is C12H18N4S. The van der Waals surface area contributed by atoms with Gasteiger partial charge >= 0.3 is 0 Å². The van der Waals surface area contributed by atoms with Crippen LogP contribution < -0.4 is 11.1 Å². The topological polar surface area (TPSA) is 63.8 Å². The molecule has 5 heteroatoms. The molecule has 1 saturated carbocycles. The molecular weight excluding hydrogens is 232 g/mol. The highest BCUT2D eigenvalue weighted by Gasteiger charge is 2.22.